The zero-order valence-corrected chi connectivity index (χ0v) is 19.7. The average Bonchev–Trinajstić information content (AvgIpc) is 3.08. The number of thioether (sulfide) groups is 1. The molecule has 0 spiro atoms. The second kappa shape index (κ2) is 10.4. The lowest BCUT2D eigenvalue weighted by Gasteiger charge is -2.13. The summed E-state index contributed by atoms with van der Waals surface area (Å²) < 4.78 is 11.1. The van der Waals surface area contributed by atoms with Crippen LogP contribution in [0.5, 0.6) is 11.5 Å². The van der Waals surface area contributed by atoms with Crippen LogP contribution in [0.15, 0.2) is 34.2 Å². The van der Waals surface area contributed by atoms with Crippen molar-refractivity contribution >= 4 is 51.9 Å². The van der Waals surface area contributed by atoms with Gasteiger partial charge in [0.05, 0.1) is 27.1 Å². The first-order chi connectivity index (χ1) is 15.7. The van der Waals surface area contributed by atoms with Crippen LogP contribution >= 0.6 is 23.4 Å². The Morgan fingerprint density at radius 3 is 2.73 bits per heavy atom. The van der Waals surface area contributed by atoms with Crippen molar-refractivity contribution in [2.75, 3.05) is 13.2 Å². The van der Waals surface area contributed by atoms with Crippen molar-refractivity contribution in [2.24, 2.45) is 4.99 Å². The van der Waals surface area contributed by atoms with Crippen molar-refractivity contribution in [1.29, 1.82) is 0 Å². The minimum Gasteiger partial charge on any atom is -0.490 e. The van der Waals surface area contributed by atoms with Crippen LogP contribution < -0.4 is 14.8 Å². The van der Waals surface area contributed by atoms with E-state index in [2.05, 4.69) is 16.2 Å². The first-order valence-electron chi connectivity index (χ1n) is 9.81. The molecular weight excluding hydrogens is 466 g/mol. The van der Waals surface area contributed by atoms with Crippen LogP contribution in [0.4, 0.5) is 11.4 Å². The Morgan fingerprint density at radius 2 is 2.06 bits per heavy atom. The Hall–Kier alpha value is -3.48. The highest BCUT2D eigenvalue weighted by Crippen LogP contribution is 2.38. The number of nitro benzene ring substituents is 1. The first kappa shape index (κ1) is 24.2. The largest absolute Gasteiger partial charge is 0.490 e. The molecule has 1 aliphatic rings. The van der Waals surface area contributed by atoms with Crippen molar-refractivity contribution in [3.05, 3.63) is 61.0 Å². The highest BCUT2D eigenvalue weighted by Gasteiger charge is 2.25. The minimum atomic E-state index is -0.450. The van der Waals surface area contributed by atoms with Crippen LogP contribution in [0.1, 0.15) is 23.6 Å². The molecule has 1 heterocycles. The predicted octanol–water partition coefficient (Wildman–Crippen LogP) is 5.17. The zero-order chi connectivity index (χ0) is 24.1. The van der Waals surface area contributed by atoms with Gasteiger partial charge in [0.15, 0.2) is 16.7 Å². The first-order valence-corrected chi connectivity index (χ1v) is 11.0. The van der Waals surface area contributed by atoms with Gasteiger partial charge in [-0.1, -0.05) is 17.5 Å². The fourth-order valence-electron chi connectivity index (χ4n) is 3.01. The van der Waals surface area contributed by atoms with Gasteiger partial charge in [-0.15, -0.1) is 6.42 Å². The SMILES string of the molecule is C#CCOc1c(Cl)cc(/C=C2\SC(=Nc3cc(C)c(C)c([N+](=O)[O-])c3)NC2=O)cc1OCC. The molecule has 0 atom stereocenters. The van der Waals surface area contributed by atoms with Crippen LogP contribution in [-0.2, 0) is 4.79 Å². The van der Waals surface area contributed by atoms with E-state index in [1.165, 1.54) is 6.07 Å². The Bertz CT molecular complexity index is 1230. The topological polar surface area (TPSA) is 103 Å². The number of ether oxygens (including phenoxy) is 2. The van der Waals surface area contributed by atoms with Crippen molar-refractivity contribution < 1.29 is 19.2 Å². The standard InChI is InChI=1S/C23H20ClN3O5S/c1-5-7-32-21-17(24)9-15(10-19(21)31-6-2)11-20-22(28)26-23(33-20)25-16-8-13(3)14(4)18(12-16)27(29)30/h1,8-12H,6-7H2,2-4H3,(H,25,26,28)/b20-11-. The number of halogens is 1. The van der Waals surface area contributed by atoms with E-state index in [0.717, 1.165) is 17.3 Å². The molecule has 0 bridgehead atoms. The monoisotopic (exact) mass is 485 g/mol. The van der Waals surface area contributed by atoms with Crippen molar-refractivity contribution in [3.8, 4) is 23.8 Å². The maximum Gasteiger partial charge on any atom is 0.274 e. The number of nitrogens with zero attached hydrogens (tertiary/aromatic N) is 2. The Labute approximate surface area is 200 Å². The number of nitro groups is 1. The van der Waals surface area contributed by atoms with Crippen LogP contribution in [0, 0.1) is 36.3 Å². The smallest absolute Gasteiger partial charge is 0.274 e. The van der Waals surface area contributed by atoms with Gasteiger partial charge in [0.25, 0.3) is 11.6 Å². The molecule has 1 fully saturated rings. The molecule has 1 saturated heterocycles. The molecule has 33 heavy (non-hydrogen) atoms. The van der Waals surface area contributed by atoms with E-state index in [9.17, 15) is 14.9 Å². The molecule has 1 N–H and O–H groups in total. The molecule has 0 aromatic heterocycles. The Kier molecular flexibility index (Phi) is 7.63. The number of amides is 1. The summed E-state index contributed by atoms with van der Waals surface area (Å²) >= 11 is 7.46. The number of rotatable bonds is 7. The lowest BCUT2D eigenvalue weighted by atomic mass is 10.1. The molecule has 0 aliphatic carbocycles. The number of hydrogen-bond donors (Lipinski definition) is 1. The lowest BCUT2D eigenvalue weighted by Crippen LogP contribution is -2.19. The molecule has 0 saturated carbocycles. The normalized spacial score (nSPS) is 15.4. The highest BCUT2D eigenvalue weighted by atomic mass is 35.5. The van der Waals surface area contributed by atoms with E-state index >= 15 is 0 Å². The third-order valence-corrected chi connectivity index (χ3v) is 5.82. The number of benzene rings is 2. The van der Waals surface area contributed by atoms with Crippen molar-refractivity contribution in [1.82, 2.24) is 5.32 Å². The molecule has 8 nitrogen and oxygen atoms in total. The quantitative estimate of drug-likeness (QED) is 0.251. The molecule has 2 aromatic carbocycles. The van der Waals surface area contributed by atoms with Crippen molar-refractivity contribution in [2.45, 2.75) is 20.8 Å². The Balaban J connectivity index is 1.91. The van der Waals surface area contributed by atoms with Gasteiger partial charge in [-0.3, -0.25) is 14.9 Å². The molecule has 170 valence electrons. The Morgan fingerprint density at radius 1 is 1.30 bits per heavy atom. The number of carbonyl (C=O) groups excluding carboxylic acids is 1. The molecule has 1 amide bonds. The second-order valence-electron chi connectivity index (χ2n) is 6.90. The van der Waals surface area contributed by atoms with E-state index in [1.54, 1.807) is 38.1 Å². The number of amidine groups is 1. The average molecular weight is 486 g/mol. The number of carbonyl (C=O) groups is 1. The van der Waals surface area contributed by atoms with E-state index in [-0.39, 0.29) is 18.2 Å². The summed E-state index contributed by atoms with van der Waals surface area (Å²) in [6, 6.07) is 6.45. The van der Waals surface area contributed by atoms with Gasteiger partial charge in [-0.25, -0.2) is 4.99 Å². The summed E-state index contributed by atoms with van der Waals surface area (Å²) in [6.07, 6.45) is 6.89. The lowest BCUT2D eigenvalue weighted by molar-refractivity contribution is -0.385. The molecule has 10 heteroatoms. The molecule has 3 rings (SSSR count). The highest BCUT2D eigenvalue weighted by molar-refractivity contribution is 8.18. The summed E-state index contributed by atoms with van der Waals surface area (Å²) in [7, 11) is 0. The van der Waals surface area contributed by atoms with E-state index in [1.807, 2.05) is 6.92 Å². The number of terminal acetylenes is 1. The van der Waals surface area contributed by atoms with Gasteiger partial charge in [-0.05, 0) is 67.9 Å². The summed E-state index contributed by atoms with van der Waals surface area (Å²) in [6.45, 7) is 5.70. The fourth-order valence-corrected chi connectivity index (χ4v) is 4.13. The number of aryl methyl sites for hydroxylation is 1. The van der Waals surface area contributed by atoms with Gasteiger partial charge in [-0.2, -0.15) is 0 Å². The van der Waals surface area contributed by atoms with Crippen LogP contribution in [-0.4, -0.2) is 29.2 Å². The molecule has 1 aliphatic heterocycles. The minimum absolute atomic E-state index is 0.0234. The second-order valence-corrected chi connectivity index (χ2v) is 8.34. The summed E-state index contributed by atoms with van der Waals surface area (Å²) in [5.74, 6) is 2.77. The van der Waals surface area contributed by atoms with Gasteiger partial charge < -0.3 is 14.8 Å². The van der Waals surface area contributed by atoms with Crippen LogP contribution in [0.2, 0.25) is 5.02 Å². The van der Waals surface area contributed by atoms with Gasteiger partial charge in [0.2, 0.25) is 0 Å². The van der Waals surface area contributed by atoms with E-state index in [0.29, 0.717) is 50.0 Å². The number of nitrogens with one attached hydrogen (secondary N) is 1. The summed E-state index contributed by atoms with van der Waals surface area (Å²) in [5.41, 5.74) is 2.29. The maximum atomic E-state index is 12.5. The zero-order valence-electron chi connectivity index (χ0n) is 18.1. The molecule has 0 unspecified atom stereocenters. The van der Waals surface area contributed by atoms with Crippen LogP contribution in [0.25, 0.3) is 6.08 Å². The molecule has 0 radical (unpaired) electrons. The maximum absolute atomic E-state index is 12.5. The fraction of sp³-hybridized carbons (Fsp3) is 0.217. The third-order valence-electron chi connectivity index (χ3n) is 4.63. The van der Waals surface area contributed by atoms with Gasteiger partial charge in [0, 0.05) is 11.6 Å². The van der Waals surface area contributed by atoms with E-state index < -0.39 is 4.92 Å². The van der Waals surface area contributed by atoms with Crippen LogP contribution in [0.3, 0.4) is 0 Å². The van der Waals surface area contributed by atoms with Crippen molar-refractivity contribution in [3.63, 3.8) is 0 Å². The molecular formula is C23H20ClN3O5S. The van der Waals surface area contributed by atoms with Gasteiger partial charge >= 0.3 is 0 Å². The molecule has 2 aromatic rings. The third kappa shape index (κ3) is 5.66. The van der Waals surface area contributed by atoms with E-state index in [4.69, 9.17) is 27.5 Å². The number of aliphatic imine (C=N–C) groups is 1. The summed E-state index contributed by atoms with van der Waals surface area (Å²) in [4.78, 5) is 28.1. The predicted molar refractivity (Wildman–Crippen MR) is 130 cm³/mol. The summed E-state index contributed by atoms with van der Waals surface area (Å²) in [5, 5.41) is 14.6. The van der Waals surface area contributed by atoms with Gasteiger partial charge in [0.1, 0.15) is 6.61 Å². The number of hydrogen-bond acceptors (Lipinski definition) is 7.